The lowest BCUT2D eigenvalue weighted by Gasteiger charge is -2.11. The minimum atomic E-state index is -5.08. The Kier molecular flexibility index (Phi) is 11.8. The van der Waals surface area contributed by atoms with Crippen LogP contribution in [0.25, 0.3) is 21.0 Å². The van der Waals surface area contributed by atoms with Crippen LogP contribution in [0.3, 0.4) is 0 Å². The molecule has 19 heteroatoms. The predicted octanol–water partition coefficient (Wildman–Crippen LogP) is 4.96. The molecule has 0 bridgehead atoms. The number of ether oxygens (including phenoxy) is 1. The first-order chi connectivity index (χ1) is 22.4. The maximum Gasteiger partial charge on any atom is 0.490 e. The number of carbonyl (C=O) groups is 3. The van der Waals surface area contributed by atoms with Gasteiger partial charge in [-0.3, -0.25) is 24.5 Å². The number of halogens is 6. The molecule has 12 nitrogen and oxygen atoms in total. The van der Waals surface area contributed by atoms with Crippen molar-refractivity contribution in [1.29, 1.82) is 0 Å². The summed E-state index contributed by atoms with van der Waals surface area (Å²) in [6.45, 7) is 2.37. The van der Waals surface area contributed by atoms with Gasteiger partial charge in [-0.2, -0.15) is 26.3 Å². The van der Waals surface area contributed by atoms with Gasteiger partial charge in [-0.1, -0.05) is 24.3 Å². The summed E-state index contributed by atoms with van der Waals surface area (Å²) in [4.78, 5) is 57.8. The van der Waals surface area contributed by atoms with E-state index in [4.69, 9.17) is 24.5 Å². The van der Waals surface area contributed by atoms with Crippen LogP contribution < -0.4 is 15.6 Å². The molecule has 4 heterocycles. The van der Waals surface area contributed by atoms with Crippen LogP contribution in [-0.2, 0) is 22.7 Å². The molecule has 0 fully saturated rings. The number of aliphatic carboxylic acids is 2. The Morgan fingerprint density at radius 1 is 0.896 bits per heavy atom. The molecule has 1 aromatic carbocycles. The average Bonchev–Trinajstić information content (AvgIpc) is 3.43. The Hall–Kier alpha value is -5.59. The maximum atomic E-state index is 13.7. The van der Waals surface area contributed by atoms with Crippen molar-refractivity contribution in [2.24, 2.45) is 0 Å². The first-order valence-corrected chi connectivity index (χ1v) is 13.9. The number of nitrogens with one attached hydrogen (secondary N) is 1. The van der Waals surface area contributed by atoms with Gasteiger partial charge in [0.05, 0.1) is 53.7 Å². The van der Waals surface area contributed by atoms with Gasteiger partial charge in [-0.25, -0.2) is 9.59 Å². The molecule has 0 spiro atoms. The largest absolute Gasteiger partial charge is 0.494 e. The third kappa shape index (κ3) is 9.24. The van der Waals surface area contributed by atoms with Crippen molar-refractivity contribution in [3.63, 3.8) is 0 Å². The van der Waals surface area contributed by atoms with Crippen LogP contribution in [0.4, 0.5) is 26.3 Å². The van der Waals surface area contributed by atoms with Crippen molar-refractivity contribution >= 4 is 50.2 Å². The molecule has 0 saturated heterocycles. The first kappa shape index (κ1) is 36.9. The summed E-state index contributed by atoms with van der Waals surface area (Å²) >= 11 is 1.25. The average molecular weight is 700 g/mol. The minimum absolute atomic E-state index is 0.216. The second-order valence-electron chi connectivity index (χ2n) is 9.34. The Morgan fingerprint density at radius 2 is 1.50 bits per heavy atom. The maximum absolute atomic E-state index is 13.7. The lowest BCUT2D eigenvalue weighted by Crippen LogP contribution is -2.24. The first-order valence-electron chi connectivity index (χ1n) is 13.1. The third-order valence-corrected chi connectivity index (χ3v) is 7.17. The second kappa shape index (κ2) is 15.3. The predicted molar refractivity (Wildman–Crippen MR) is 159 cm³/mol. The summed E-state index contributed by atoms with van der Waals surface area (Å²) < 4.78 is 71.5. The zero-order valence-electron chi connectivity index (χ0n) is 24.6. The van der Waals surface area contributed by atoms with Crippen LogP contribution >= 0.6 is 11.3 Å². The second-order valence-corrected chi connectivity index (χ2v) is 10.4. The normalized spacial score (nSPS) is 11.2. The standard InChI is InChI=1S/C25H21N5O3S.2C2HF3O2/c1-15-11-28-17(12-27-15)13-29-24(31)23-21(33-2)20-22(34-23)18-8-3-4-9-19(18)30(25(20)32)14-16-7-5-6-10-26-16;2*3-2(4,5)1(6)7/h3-12H,13-14H2,1-2H3,(H,29,31);2*(H,6,7). The van der Waals surface area contributed by atoms with E-state index < -0.39 is 24.3 Å². The highest BCUT2D eigenvalue weighted by Crippen LogP contribution is 2.39. The van der Waals surface area contributed by atoms with E-state index in [1.807, 2.05) is 49.4 Å². The molecule has 0 aliphatic rings. The van der Waals surface area contributed by atoms with E-state index in [2.05, 4.69) is 20.3 Å². The van der Waals surface area contributed by atoms with Crippen LogP contribution in [0.5, 0.6) is 5.75 Å². The molecule has 4 aromatic heterocycles. The van der Waals surface area contributed by atoms with Crippen molar-refractivity contribution in [2.75, 3.05) is 7.11 Å². The van der Waals surface area contributed by atoms with Crippen LogP contribution in [0.15, 0.2) is 65.8 Å². The van der Waals surface area contributed by atoms with E-state index in [0.29, 0.717) is 22.5 Å². The molecule has 0 atom stereocenters. The fourth-order valence-corrected chi connectivity index (χ4v) is 5.07. The van der Waals surface area contributed by atoms with Gasteiger partial charge in [-0.15, -0.1) is 11.3 Å². The number of nitrogens with zero attached hydrogens (tertiary/aromatic N) is 4. The molecule has 0 radical (unpaired) electrons. The SMILES string of the molecule is COc1c(C(=O)NCc2cnc(C)cn2)sc2c1c(=O)n(Cc1ccccn1)c1ccccc21.O=C(O)C(F)(F)F.O=C(O)C(F)(F)F. The number of aromatic nitrogens is 4. The fourth-order valence-electron chi connectivity index (χ4n) is 3.86. The van der Waals surface area contributed by atoms with E-state index in [-0.39, 0.29) is 23.8 Å². The number of carboxylic acids is 2. The smallest absolute Gasteiger partial charge is 0.490 e. The number of benzene rings is 1. The van der Waals surface area contributed by atoms with Crippen LogP contribution in [0.1, 0.15) is 26.8 Å². The van der Waals surface area contributed by atoms with Gasteiger partial charge >= 0.3 is 24.3 Å². The van der Waals surface area contributed by atoms with Gasteiger partial charge < -0.3 is 24.8 Å². The monoisotopic (exact) mass is 699 g/mol. The zero-order valence-corrected chi connectivity index (χ0v) is 25.4. The number of hydrogen-bond acceptors (Lipinski definition) is 9. The van der Waals surface area contributed by atoms with Crippen molar-refractivity contribution in [2.45, 2.75) is 32.4 Å². The number of hydrogen-bond donors (Lipinski definition) is 3. The molecule has 3 N–H and O–H groups in total. The Labute approximate surface area is 269 Å². The zero-order chi connectivity index (χ0) is 35.8. The summed E-state index contributed by atoms with van der Waals surface area (Å²) in [6.07, 6.45) is -5.19. The number of carboxylic acid groups (broad SMARTS) is 2. The number of fused-ring (bicyclic) bond motifs is 3. The molecule has 0 unspecified atom stereocenters. The molecular formula is C29H23F6N5O7S. The van der Waals surface area contributed by atoms with Crippen molar-refractivity contribution in [3.8, 4) is 5.75 Å². The quantitative estimate of drug-likeness (QED) is 0.206. The highest BCUT2D eigenvalue weighted by Gasteiger charge is 2.39. The number of para-hydroxylation sites is 1. The summed E-state index contributed by atoms with van der Waals surface area (Å²) in [6, 6.07) is 13.3. The van der Waals surface area contributed by atoms with Crippen molar-refractivity contribution < 1.29 is 55.7 Å². The molecule has 254 valence electrons. The van der Waals surface area contributed by atoms with Crippen molar-refractivity contribution in [3.05, 3.63) is 93.4 Å². The van der Waals surface area contributed by atoms with Gasteiger partial charge in [0.15, 0.2) is 5.75 Å². The molecule has 0 saturated carbocycles. The topological polar surface area (TPSA) is 174 Å². The summed E-state index contributed by atoms with van der Waals surface area (Å²) in [7, 11) is 1.47. The van der Waals surface area contributed by atoms with Gasteiger partial charge in [0.2, 0.25) is 0 Å². The Balaban J connectivity index is 0.000000376. The molecule has 5 rings (SSSR count). The number of thiophene rings is 1. The van der Waals surface area contributed by atoms with Crippen LogP contribution in [0.2, 0.25) is 0 Å². The minimum Gasteiger partial charge on any atom is -0.494 e. The van der Waals surface area contributed by atoms with E-state index in [1.165, 1.54) is 18.4 Å². The van der Waals surface area contributed by atoms with E-state index in [9.17, 15) is 35.9 Å². The molecule has 1 amide bonds. The molecule has 48 heavy (non-hydrogen) atoms. The van der Waals surface area contributed by atoms with Crippen LogP contribution in [0, 0.1) is 6.92 Å². The summed E-state index contributed by atoms with van der Waals surface area (Å²) in [5.41, 5.74) is 2.75. The Bertz CT molecular complexity index is 1960. The van der Waals surface area contributed by atoms with Gasteiger partial charge in [0.25, 0.3) is 11.5 Å². The lowest BCUT2D eigenvalue weighted by atomic mass is 10.1. The number of aryl methyl sites for hydroxylation is 1. The number of amides is 1. The number of rotatable bonds is 6. The summed E-state index contributed by atoms with van der Waals surface area (Å²) in [5.74, 6) is -5.57. The van der Waals surface area contributed by atoms with Gasteiger partial charge in [0.1, 0.15) is 10.3 Å². The highest BCUT2D eigenvalue weighted by molar-refractivity contribution is 7.22. The van der Waals surface area contributed by atoms with Gasteiger partial charge in [0, 0.05) is 17.8 Å². The van der Waals surface area contributed by atoms with Crippen LogP contribution in [-0.4, -0.2) is 67.0 Å². The molecule has 0 aliphatic heterocycles. The number of methoxy groups -OCH3 is 1. The van der Waals surface area contributed by atoms with Gasteiger partial charge in [-0.05, 0) is 25.1 Å². The molecule has 5 aromatic rings. The van der Waals surface area contributed by atoms with Crippen molar-refractivity contribution in [1.82, 2.24) is 24.8 Å². The summed E-state index contributed by atoms with van der Waals surface area (Å²) in [5, 5.41) is 18.4. The Morgan fingerprint density at radius 3 is 2.02 bits per heavy atom. The fraction of sp³-hybridized carbons (Fsp3) is 0.207. The third-order valence-electron chi connectivity index (χ3n) is 5.97. The number of pyridine rings is 2. The molecular weight excluding hydrogens is 676 g/mol. The lowest BCUT2D eigenvalue weighted by molar-refractivity contribution is -0.193. The highest BCUT2D eigenvalue weighted by atomic mass is 32.1. The number of carbonyl (C=O) groups excluding carboxylic acids is 1. The van der Waals surface area contributed by atoms with E-state index >= 15 is 0 Å². The molecule has 0 aliphatic carbocycles. The van der Waals surface area contributed by atoms with E-state index in [0.717, 1.165) is 27.0 Å². The number of alkyl halides is 6. The van der Waals surface area contributed by atoms with E-state index in [1.54, 1.807) is 23.2 Å².